The van der Waals surface area contributed by atoms with Crippen LogP contribution in [0.4, 0.5) is 5.69 Å². The predicted octanol–water partition coefficient (Wildman–Crippen LogP) is 1.42. The molecule has 0 fully saturated rings. The Hall–Kier alpha value is -2.37. The smallest absolute Gasteiger partial charge is 0.266 e. The first-order chi connectivity index (χ1) is 10.6. The SMILES string of the molecule is COc1ccc2c(c1)[C@](O)(CO)C(=O)N2Cc1ccccc1. The van der Waals surface area contributed by atoms with E-state index in [2.05, 4.69) is 0 Å². The molecule has 0 aromatic heterocycles. The van der Waals surface area contributed by atoms with E-state index in [0.717, 1.165) is 5.56 Å². The molecule has 0 spiro atoms. The topological polar surface area (TPSA) is 70.0 Å². The van der Waals surface area contributed by atoms with Crippen LogP contribution in [0.2, 0.25) is 0 Å². The van der Waals surface area contributed by atoms with Gasteiger partial charge in [0, 0.05) is 5.56 Å². The molecule has 0 bridgehead atoms. The van der Waals surface area contributed by atoms with Gasteiger partial charge >= 0.3 is 0 Å². The van der Waals surface area contributed by atoms with Crippen molar-refractivity contribution in [2.24, 2.45) is 0 Å². The fourth-order valence-electron chi connectivity index (χ4n) is 2.73. The highest BCUT2D eigenvalue weighted by Gasteiger charge is 2.49. The lowest BCUT2D eigenvalue weighted by atomic mass is 9.96. The summed E-state index contributed by atoms with van der Waals surface area (Å²) in [5, 5.41) is 20.1. The van der Waals surface area contributed by atoms with Gasteiger partial charge in [0.1, 0.15) is 5.75 Å². The summed E-state index contributed by atoms with van der Waals surface area (Å²) >= 11 is 0. The number of aliphatic hydroxyl groups excluding tert-OH is 1. The molecule has 22 heavy (non-hydrogen) atoms. The van der Waals surface area contributed by atoms with Gasteiger partial charge in [-0.15, -0.1) is 0 Å². The fraction of sp³-hybridized carbons (Fsp3) is 0.235. The van der Waals surface area contributed by atoms with E-state index < -0.39 is 18.1 Å². The third kappa shape index (κ3) is 2.15. The van der Waals surface area contributed by atoms with Crippen LogP contribution >= 0.6 is 0 Å². The minimum Gasteiger partial charge on any atom is -0.497 e. The number of hydrogen-bond donors (Lipinski definition) is 2. The molecule has 1 amide bonds. The Kier molecular flexibility index (Phi) is 3.60. The Labute approximate surface area is 128 Å². The number of carbonyl (C=O) groups is 1. The number of methoxy groups -OCH3 is 1. The minimum absolute atomic E-state index is 0.335. The van der Waals surface area contributed by atoms with Crippen LogP contribution in [-0.4, -0.2) is 29.8 Å². The zero-order chi connectivity index (χ0) is 15.7. The summed E-state index contributed by atoms with van der Waals surface area (Å²) in [6, 6.07) is 14.5. The van der Waals surface area contributed by atoms with Crippen molar-refractivity contribution in [3.05, 3.63) is 59.7 Å². The van der Waals surface area contributed by atoms with Crippen molar-refractivity contribution in [3.63, 3.8) is 0 Å². The third-order valence-electron chi connectivity index (χ3n) is 3.95. The van der Waals surface area contributed by atoms with Gasteiger partial charge < -0.3 is 19.8 Å². The molecule has 1 aliphatic heterocycles. The summed E-state index contributed by atoms with van der Waals surface area (Å²) in [5.41, 5.74) is -0.0140. The summed E-state index contributed by atoms with van der Waals surface area (Å²) in [4.78, 5) is 14.1. The average molecular weight is 299 g/mol. The molecule has 3 rings (SSSR count). The van der Waals surface area contributed by atoms with Crippen molar-refractivity contribution < 1.29 is 19.7 Å². The zero-order valence-electron chi connectivity index (χ0n) is 12.2. The van der Waals surface area contributed by atoms with Crippen LogP contribution in [-0.2, 0) is 16.9 Å². The van der Waals surface area contributed by atoms with Crippen molar-refractivity contribution in [2.45, 2.75) is 12.1 Å². The van der Waals surface area contributed by atoms with Crippen molar-refractivity contribution in [1.82, 2.24) is 0 Å². The van der Waals surface area contributed by atoms with E-state index in [9.17, 15) is 15.0 Å². The summed E-state index contributed by atoms with van der Waals surface area (Å²) in [7, 11) is 1.51. The Morgan fingerprint density at radius 2 is 1.91 bits per heavy atom. The Morgan fingerprint density at radius 1 is 1.18 bits per heavy atom. The van der Waals surface area contributed by atoms with Gasteiger partial charge in [-0.05, 0) is 23.8 Å². The molecular weight excluding hydrogens is 282 g/mol. The van der Waals surface area contributed by atoms with Gasteiger partial charge in [0.25, 0.3) is 5.91 Å². The molecule has 114 valence electrons. The van der Waals surface area contributed by atoms with Crippen molar-refractivity contribution in [2.75, 3.05) is 18.6 Å². The second kappa shape index (κ2) is 5.44. The molecule has 2 aromatic rings. The van der Waals surface area contributed by atoms with E-state index in [-0.39, 0.29) is 0 Å². The van der Waals surface area contributed by atoms with Crippen LogP contribution in [0.15, 0.2) is 48.5 Å². The molecule has 2 aromatic carbocycles. The number of amides is 1. The van der Waals surface area contributed by atoms with Crippen LogP contribution in [0.25, 0.3) is 0 Å². The number of hydrogen-bond acceptors (Lipinski definition) is 4. The van der Waals surface area contributed by atoms with Crippen molar-refractivity contribution in [1.29, 1.82) is 0 Å². The maximum atomic E-state index is 12.6. The molecule has 5 nitrogen and oxygen atoms in total. The van der Waals surface area contributed by atoms with Gasteiger partial charge in [0.15, 0.2) is 5.60 Å². The van der Waals surface area contributed by atoms with E-state index in [4.69, 9.17) is 4.74 Å². The van der Waals surface area contributed by atoms with E-state index in [1.807, 2.05) is 30.3 Å². The quantitative estimate of drug-likeness (QED) is 0.896. The number of fused-ring (bicyclic) bond motifs is 1. The summed E-state index contributed by atoms with van der Waals surface area (Å²) < 4.78 is 5.14. The second-order valence-corrected chi connectivity index (χ2v) is 5.28. The normalized spacial score (nSPS) is 20.1. The molecule has 0 radical (unpaired) electrons. The number of nitrogens with zero attached hydrogens (tertiary/aromatic N) is 1. The largest absolute Gasteiger partial charge is 0.497 e. The van der Waals surface area contributed by atoms with E-state index in [1.54, 1.807) is 18.2 Å². The summed E-state index contributed by atoms with van der Waals surface area (Å²) in [5.74, 6) is 0.00194. The van der Waals surface area contributed by atoms with Crippen LogP contribution in [0.5, 0.6) is 5.75 Å². The second-order valence-electron chi connectivity index (χ2n) is 5.28. The predicted molar refractivity (Wildman–Crippen MR) is 81.6 cm³/mol. The molecule has 1 atom stereocenters. The first-order valence-electron chi connectivity index (χ1n) is 6.98. The molecule has 5 heteroatoms. The first-order valence-corrected chi connectivity index (χ1v) is 6.98. The highest BCUT2D eigenvalue weighted by molar-refractivity contribution is 6.07. The van der Waals surface area contributed by atoms with Gasteiger partial charge in [-0.1, -0.05) is 30.3 Å². The minimum atomic E-state index is -1.92. The Morgan fingerprint density at radius 3 is 2.55 bits per heavy atom. The summed E-state index contributed by atoms with van der Waals surface area (Å²) in [6.07, 6.45) is 0. The number of anilines is 1. The lowest BCUT2D eigenvalue weighted by Gasteiger charge is -2.21. The lowest BCUT2D eigenvalue weighted by Crippen LogP contribution is -2.42. The van der Waals surface area contributed by atoms with Gasteiger partial charge in [-0.3, -0.25) is 4.79 Å². The third-order valence-corrected chi connectivity index (χ3v) is 3.95. The van der Waals surface area contributed by atoms with Gasteiger partial charge in [0.05, 0.1) is 25.9 Å². The number of rotatable bonds is 4. The summed E-state index contributed by atoms with van der Waals surface area (Å²) in [6.45, 7) is -0.335. The van der Waals surface area contributed by atoms with E-state index in [1.165, 1.54) is 12.0 Å². The molecule has 2 N–H and O–H groups in total. The van der Waals surface area contributed by atoms with Crippen LogP contribution in [0.1, 0.15) is 11.1 Å². The number of carbonyl (C=O) groups excluding carboxylic acids is 1. The monoisotopic (exact) mass is 299 g/mol. The Balaban J connectivity index is 2.05. The number of ether oxygens (including phenoxy) is 1. The average Bonchev–Trinajstić information content (AvgIpc) is 2.78. The maximum absolute atomic E-state index is 12.6. The van der Waals surface area contributed by atoms with E-state index in [0.29, 0.717) is 23.5 Å². The molecule has 1 heterocycles. The number of benzene rings is 2. The first kappa shape index (κ1) is 14.6. The standard InChI is InChI=1S/C17H17NO4/c1-22-13-7-8-15-14(9-13)17(21,11-19)16(20)18(15)10-12-5-3-2-4-6-12/h2-9,19,21H,10-11H2,1H3/t17-/m1/s1. The zero-order valence-corrected chi connectivity index (χ0v) is 12.2. The van der Waals surface area contributed by atoms with E-state index >= 15 is 0 Å². The van der Waals surface area contributed by atoms with Gasteiger partial charge in [0.2, 0.25) is 0 Å². The van der Waals surface area contributed by atoms with Crippen LogP contribution < -0.4 is 9.64 Å². The van der Waals surface area contributed by atoms with Crippen molar-refractivity contribution in [3.8, 4) is 5.75 Å². The number of aliphatic hydroxyl groups is 2. The highest BCUT2D eigenvalue weighted by atomic mass is 16.5. The molecular formula is C17H17NO4. The van der Waals surface area contributed by atoms with Crippen LogP contribution in [0, 0.1) is 0 Å². The molecule has 0 saturated heterocycles. The highest BCUT2D eigenvalue weighted by Crippen LogP contribution is 2.42. The maximum Gasteiger partial charge on any atom is 0.266 e. The fourth-order valence-corrected chi connectivity index (χ4v) is 2.73. The molecule has 0 unspecified atom stereocenters. The van der Waals surface area contributed by atoms with Crippen molar-refractivity contribution >= 4 is 11.6 Å². The Bertz CT molecular complexity index is 701. The van der Waals surface area contributed by atoms with Gasteiger partial charge in [-0.2, -0.15) is 0 Å². The van der Waals surface area contributed by atoms with Crippen LogP contribution in [0.3, 0.4) is 0 Å². The molecule has 0 saturated carbocycles. The lowest BCUT2D eigenvalue weighted by molar-refractivity contribution is -0.140. The molecule has 1 aliphatic rings. The molecule has 0 aliphatic carbocycles. The van der Waals surface area contributed by atoms with Gasteiger partial charge in [-0.25, -0.2) is 0 Å².